The maximum atomic E-state index is 5.52. The van der Waals surface area contributed by atoms with Crippen LogP contribution in [0.5, 0.6) is 0 Å². The lowest BCUT2D eigenvalue weighted by Crippen LogP contribution is -2.20. The topological polar surface area (TPSA) is 39.1 Å². The summed E-state index contributed by atoms with van der Waals surface area (Å²) in [5, 5.41) is 7.94. The lowest BCUT2D eigenvalue weighted by atomic mass is 10.3. The van der Waals surface area contributed by atoms with Gasteiger partial charge in [-0.15, -0.1) is 11.6 Å². The summed E-state index contributed by atoms with van der Waals surface area (Å²) in [7, 11) is 0. The van der Waals surface area contributed by atoms with Crippen molar-refractivity contribution < 1.29 is 4.74 Å². The SMILES string of the molecule is ClCCOCCNCc1ccn(C2CCCC2)n1. The van der Waals surface area contributed by atoms with E-state index in [2.05, 4.69) is 27.4 Å². The van der Waals surface area contributed by atoms with Crippen LogP contribution in [0.2, 0.25) is 0 Å². The summed E-state index contributed by atoms with van der Waals surface area (Å²) >= 11 is 5.52. The molecule has 5 heteroatoms. The molecule has 0 radical (unpaired) electrons. The van der Waals surface area contributed by atoms with E-state index in [0.717, 1.165) is 18.8 Å². The Labute approximate surface area is 114 Å². The van der Waals surface area contributed by atoms with Crippen LogP contribution in [0.4, 0.5) is 0 Å². The van der Waals surface area contributed by atoms with Gasteiger partial charge in [0.05, 0.1) is 24.9 Å². The van der Waals surface area contributed by atoms with Gasteiger partial charge in [0.15, 0.2) is 0 Å². The molecule has 0 aromatic carbocycles. The number of nitrogens with one attached hydrogen (secondary N) is 1. The maximum Gasteiger partial charge on any atom is 0.0762 e. The van der Waals surface area contributed by atoms with Crippen molar-refractivity contribution in [3.63, 3.8) is 0 Å². The second-order valence-corrected chi connectivity index (χ2v) is 5.08. The van der Waals surface area contributed by atoms with E-state index < -0.39 is 0 Å². The van der Waals surface area contributed by atoms with Crippen molar-refractivity contribution in [1.82, 2.24) is 15.1 Å². The lowest BCUT2D eigenvalue weighted by Gasteiger charge is -2.09. The predicted octanol–water partition coefficient (Wildman–Crippen LogP) is 2.34. The summed E-state index contributed by atoms with van der Waals surface area (Å²) in [5.74, 6) is 0.561. The van der Waals surface area contributed by atoms with Gasteiger partial charge in [-0.25, -0.2) is 0 Å². The van der Waals surface area contributed by atoms with Gasteiger partial charge < -0.3 is 10.1 Å². The molecule has 0 bridgehead atoms. The van der Waals surface area contributed by atoms with Crippen molar-refractivity contribution in [3.8, 4) is 0 Å². The van der Waals surface area contributed by atoms with Crippen LogP contribution in [0.3, 0.4) is 0 Å². The van der Waals surface area contributed by atoms with E-state index in [-0.39, 0.29) is 0 Å². The first-order valence-electron chi connectivity index (χ1n) is 6.78. The number of halogens is 1. The Balaban J connectivity index is 1.64. The fraction of sp³-hybridized carbons (Fsp3) is 0.769. The Bertz CT molecular complexity index is 337. The highest BCUT2D eigenvalue weighted by atomic mass is 35.5. The zero-order chi connectivity index (χ0) is 12.6. The van der Waals surface area contributed by atoms with Crippen LogP contribution in [0.25, 0.3) is 0 Å². The van der Waals surface area contributed by atoms with Gasteiger partial charge in [-0.2, -0.15) is 5.10 Å². The quantitative estimate of drug-likeness (QED) is 0.583. The molecule has 1 N–H and O–H groups in total. The van der Waals surface area contributed by atoms with Crippen molar-refractivity contribution in [2.75, 3.05) is 25.6 Å². The van der Waals surface area contributed by atoms with Crippen LogP contribution in [0.1, 0.15) is 37.4 Å². The van der Waals surface area contributed by atoms with E-state index in [1.807, 2.05) is 0 Å². The minimum atomic E-state index is 0.561. The summed E-state index contributed by atoms with van der Waals surface area (Å²) < 4.78 is 7.42. The van der Waals surface area contributed by atoms with Gasteiger partial charge in [-0.05, 0) is 18.9 Å². The summed E-state index contributed by atoms with van der Waals surface area (Å²) in [6, 6.07) is 2.73. The lowest BCUT2D eigenvalue weighted by molar-refractivity contribution is 0.150. The molecule has 18 heavy (non-hydrogen) atoms. The molecule has 0 saturated heterocycles. The van der Waals surface area contributed by atoms with Gasteiger partial charge in [0.25, 0.3) is 0 Å². The third kappa shape index (κ3) is 4.26. The van der Waals surface area contributed by atoms with E-state index in [1.165, 1.54) is 25.7 Å². The van der Waals surface area contributed by atoms with Crippen molar-refractivity contribution >= 4 is 11.6 Å². The fourth-order valence-electron chi connectivity index (χ4n) is 2.36. The van der Waals surface area contributed by atoms with E-state index >= 15 is 0 Å². The average molecular weight is 272 g/mol. The van der Waals surface area contributed by atoms with Gasteiger partial charge in [0, 0.05) is 25.2 Å². The molecule has 1 heterocycles. The molecule has 1 aromatic rings. The molecule has 2 rings (SSSR count). The Kier molecular flexibility index (Phi) is 5.97. The molecule has 1 aliphatic rings. The molecular formula is C13H22ClN3O. The van der Waals surface area contributed by atoms with E-state index in [9.17, 15) is 0 Å². The Morgan fingerprint density at radius 3 is 3.00 bits per heavy atom. The third-order valence-corrected chi connectivity index (χ3v) is 3.47. The van der Waals surface area contributed by atoms with Crippen LogP contribution >= 0.6 is 11.6 Å². The molecular weight excluding hydrogens is 250 g/mol. The van der Waals surface area contributed by atoms with Crippen molar-refractivity contribution in [2.24, 2.45) is 0 Å². The summed E-state index contributed by atoms with van der Waals surface area (Å²) in [6.07, 6.45) is 7.35. The van der Waals surface area contributed by atoms with Crippen LogP contribution in [-0.4, -0.2) is 35.4 Å². The number of nitrogens with zero attached hydrogens (tertiary/aromatic N) is 2. The molecule has 1 saturated carbocycles. The van der Waals surface area contributed by atoms with Gasteiger partial charge in [0.1, 0.15) is 0 Å². The number of aromatic nitrogens is 2. The molecule has 102 valence electrons. The molecule has 0 aliphatic heterocycles. The third-order valence-electron chi connectivity index (χ3n) is 3.31. The van der Waals surface area contributed by atoms with Crippen LogP contribution < -0.4 is 5.32 Å². The number of hydrogen-bond acceptors (Lipinski definition) is 3. The Hall–Kier alpha value is -0.580. The monoisotopic (exact) mass is 271 g/mol. The predicted molar refractivity (Wildman–Crippen MR) is 73.0 cm³/mol. The van der Waals surface area contributed by atoms with Gasteiger partial charge >= 0.3 is 0 Å². The molecule has 1 aromatic heterocycles. The molecule has 1 fully saturated rings. The standard InChI is InChI=1S/C13H22ClN3O/c14-6-9-18-10-7-15-11-12-5-8-17(16-12)13-3-1-2-4-13/h5,8,13,15H,1-4,6-7,9-11H2. The second-order valence-electron chi connectivity index (χ2n) is 4.70. The average Bonchev–Trinajstić information content (AvgIpc) is 3.03. The summed E-state index contributed by atoms with van der Waals surface area (Å²) in [6.45, 7) is 2.98. The Morgan fingerprint density at radius 1 is 1.39 bits per heavy atom. The molecule has 0 spiro atoms. The molecule has 1 aliphatic carbocycles. The fourth-order valence-corrected chi connectivity index (χ4v) is 2.47. The highest BCUT2D eigenvalue weighted by Crippen LogP contribution is 2.28. The first-order chi connectivity index (χ1) is 8.90. The normalized spacial score (nSPS) is 16.5. The summed E-state index contributed by atoms with van der Waals surface area (Å²) in [4.78, 5) is 0. The zero-order valence-electron chi connectivity index (χ0n) is 10.8. The van der Waals surface area contributed by atoms with Gasteiger partial charge in [-0.3, -0.25) is 4.68 Å². The number of rotatable bonds is 8. The number of ether oxygens (including phenoxy) is 1. The summed E-state index contributed by atoms with van der Waals surface area (Å²) in [5.41, 5.74) is 1.11. The first kappa shape index (κ1) is 13.8. The van der Waals surface area contributed by atoms with Crippen molar-refractivity contribution in [3.05, 3.63) is 18.0 Å². The largest absolute Gasteiger partial charge is 0.379 e. The molecule has 0 atom stereocenters. The second kappa shape index (κ2) is 7.77. The van der Waals surface area contributed by atoms with Gasteiger partial charge in [-0.1, -0.05) is 12.8 Å². The maximum absolute atomic E-state index is 5.52. The van der Waals surface area contributed by atoms with E-state index in [0.29, 0.717) is 25.1 Å². The highest BCUT2D eigenvalue weighted by molar-refractivity contribution is 6.17. The van der Waals surface area contributed by atoms with Crippen LogP contribution in [-0.2, 0) is 11.3 Å². The molecule has 4 nitrogen and oxygen atoms in total. The zero-order valence-corrected chi connectivity index (χ0v) is 11.5. The minimum absolute atomic E-state index is 0.561. The van der Waals surface area contributed by atoms with Crippen LogP contribution in [0.15, 0.2) is 12.3 Å². The minimum Gasteiger partial charge on any atom is -0.379 e. The Morgan fingerprint density at radius 2 is 2.22 bits per heavy atom. The number of hydrogen-bond donors (Lipinski definition) is 1. The van der Waals surface area contributed by atoms with E-state index in [1.54, 1.807) is 0 Å². The molecule has 0 amide bonds. The van der Waals surface area contributed by atoms with E-state index in [4.69, 9.17) is 16.3 Å². The smallest absolute Gasteiger partial charge is 0.0762 e. The highest BCUT2D eigenvalue weighted by Gasteiger charge is 2.17. The first-order valence-corrected chi connectivity index (χ1v) is 7.32. The van der Waals surface area contributed by atoms with Crippen molar-refractivity contribution in [1.29, 1.82) is 0 Å². The van der Waals surface area contributed by atoms with Gasteiger partial charge in [0.2, 0.25) is 0 Å². The van der Waals surface area contributed by atoms with Crippen LogP contribution in [0, 0.1) is 0 Å². The van der Waals surface area contributed by atoms with Crippen molar-refractivity contribution in [2.45, 2.75) is 38.3 Å². The molecule has 0 unspecified atom stereocenters. The number of alkyl halides is 1.